The molecule has 0 spiro atoms. The normalized spacial score (nSPS) is 29.6. The van der Waals surface area contributed by atoms with Gasteiger partial charge in [-0.3, -0.25) is 0 Å². The number of halogens is 1. The summed E-state index contributed by atoms with van der Waals surface area (Å²) in [6.07, 6.45) is 2.72. The number of hydrogen-bond acceptors (Lipinski definition) is 4. The number of nitrogens with one attached hydrogen (secondary N) is 1. The predicted octanol–water partition coefficient (Wildman–Crippen LogP) is 2.50. The molecule has 1 saturated heterocycles. The van der Waals surface area contributed by atoms with Gasteiger partial charge in [0.1, 0.15) is 11.6 Å². The van der Waals surface area contributed by atoms with Crippen molar-refractivity contribution in [3.05, 3.63) is 29.6 Å². The van der Waals surface area contributed by atoms with E-state index in [1.807, 2.05) is 0 Å². The van der Waals surface area contributed by atoms with Crippen LogP contribution in [0.1, 0.15) is 30.9 Å². The van der Waals surface area contributed by atoms with Crippen molar-refractivity contribution in [2.45, 2.75) is 30.9 Å². The van der Waals surface area contributed by atoms with Gasteiger partial charge in [0.25, 0.3) is 0 Å². The molecule has 0 amide bonds. The van der Waals surface area contributed by atoms with Crippen molar-refractivity contribution in [3.63, 3.8) is 0 Å². The number of benzene rings is 1. The molecule has 0 aliphatic carbocycles. The van der Waals surface area contributed by atoms with Gasteiger partial charge in [-0.25, -0.2) is 4.39 Å². The fourth-order valence-corrected chi connectivity index (χ4v) is 4.10. The van der Waals surface area contributed by atoms with Crippen molar-refractivity contribution in [2.24, 2.45) is 0 Å². The Morgan fingerprint density at radius 2 is 2.40 bits per heavy atom. The third-order valence-corrected chi connectivity index (χ3v) is 5.24. The Hall–Kier alpha value is -0.780. The summed E-state index contributed by atoms with van der Waals surface area (Å²) in [6, 6.07) is 4.85. The number of fused-ring (bicyclic) bond motifs is 1. The van der Waals surface area contributed by atoms with Crippen LogP contribution in [0.5, 0.6) is 5.75 Å². The Morgan fingerprint density at radius 1 is 1.50 bits per heavy atom. The van der Waals surface area contributed by atoms with E-state index >= 15 is 0 Å². The van der Waals surface area contributed by atoms with Gasteiger partial charge in [0, 0.05) is 30.0 Å². The molecule has 3 rings (SSSR count). The second-order valence-electron chi connectivity index (χ2n) is 5.63. The van der Waals surface area contributed by atoms with E-state index in [1.165, 1.54) is 12.1 Å². The number of ether oxygens (including phenoxy) is 1. The summed E-state index contributed by atoms with van der Waals surface area (Å²) < 4.78 is 18.9. The molecule has 2 N–H and O–H groups in total. The number of hydrogen-bond donors (Lipinski definition) is 2. The number of aliphatic hydroxyl groups is 1. The van der Waals surface area contributed by atoms with Crippen LogP contribution in [0.25, 0.3) is 0 Å². The maximum absolute atomic E-state index is 13.3. The molecule has 1 aromatic rings. The maximum atomic E-state index is 13.3. The van der Waals surface area contributed by atoms with E-state index < -0.39 is 5.60 Å². The van der Waals surface area contributed by atoms with Crippen LogP contribution in [0.15, 0.2) is 18.2 Å². The molecule has 2 unspecified atom stereocenters. The molecule has 0 aromatic heterocycles. The highest BCUT2D eigenvalue weighted by Crippen LogP contribution is 2.33. The molecule has 0 bridgehead atoms. The lowest BCUT2D eigenvalue weighted by Gasteiger charge is -2.26. The van der Waals surface area contributed by atoms with Crippen LogP contribution in [0, 0.1) is 5.82 Å². The van der Waals surface area contributed by atoms with Crippen molar-refractivity contribution in [2.75, 3.05) is 24.7 Å². The van der Waals surface area contributed by atoms with Crippen molar-refractivity contribution in [1.82, 2.24) is 5.32 Å². The van der Waals surface area contributed by atoms with Crippen LogP contribution in [0.4, 0.5) is 4.39 Å². The predicted molar refractivity (Wildman–Crippen MR) is 78.8 cm³/mol. The standard InChI is InChI=1S/C15H20FNO2S/c16-11-3-4-12-13(2-1-6-19-14(12)8-11)17-9-15(18)5-7-20-10-15/h3-4,8,13,17-18H,1-2,5-7,9-10H2. The summed E-state index contributed by atoms with van der Waals surface area (Å²) in [5.41, 5.74) is 0.399. The van der Waals surface area contributed by atoms with Gasteiger partial charge in [0.2, 0.25) is 0 Å². The van der Waals surface area contributed by atoms with Crippen LogP contribution < -0.4 is 10.1 Å². The molecule has 110 valence electrons. The van der Waals surface area contributed by atoms with Crippen LogP contribution in [0.3, 0.4) is 0 Å². The lowest BCUT2D eigenvalue weighted by atomic mass is 9.99. The smallest absolute Gasteiger partial charge is 0.126 e. The summed E-state index contributed by atoms with van der Waals surface area (Å²) in [5.74, 6) is 2.18. The largest absolute Gasteiger partial charge is 0.493 e. The molecule has 2 aliphatic heterocycles. The van der Waals surface area contributed by atoms with Gasteiger partial charge in [-0.05, 0) is 31.1 Å². The number of thioether (sulfide) groups is 1. The minimum atomic E-state index is -0.599. The Morgan fingerprint density at radius 3 is 3.20 bits per heavy atom. The lowest BCUT2D eigenvalue weighted by molar-refractivity contribution is 0.0642. The SMILES string of the molecule is OC1(CNC2CCCOc3cc(F)ccc32)CCSC1. The average Bonchev–Trinajstić information content (AvgIpc) is 2.76. The summed E-state index contributed by atoms with van der Waals surface area (Å²) in [6.45, 7) is 1.20. The molecule has 5 heteroatoms. The molecular formula is C15H20FNO2S. The topological polar surface area (TPSA) is 41.5 Å². The summed E-state index contributed by atoms with van der Waals surface area (Å²) in [5, 5.41) is 13.9. The molecular weight excluding hydrogens is 277 g/mol. The van der Waals surface area contributed by atoms with E-state index in [4.69, 9.17) is 4.74 Å². The fourth-order valence-electron chi connectivity index (χ4n) is 2.81. The first kappa shape index (κ1) is 14.2. The van der Waals surface area contributed by atoms with Gasteiger partial charge in [0.05, 0.1) is 12.2 Å². The van der Waals surface area contributed by atoms with Crippen LogP contribution >= 0.6 is 11.8 Å². The highest BCUT2D eigenvalue weighted by molar-refractivity contribution is 7.99. The zero-order valence-electron chi connectivity index (χ0n) is 11.4. The van der Waals surface area contributed by atoms with E-state index in [2.05, 4.69) is 5.32 Å². The molecule has 0 saturated carbocycles. The van der Waals surface area contributed by atoms with E-state index in [1.54, 1.807) is 17.8 Å². The first-order valence-electron chi connectivity index (χ1n) is 7.12. The summed E-state index contributed by atoms with van der Waals surface area (Å²) in [7, 11) is 0. The summed E-state index contributed by atoms with van der Waals surface area (Å²) in [4.78, 5) is 0. The first-order valence-corrected chi connectivity index (χ1v) is 8.28. The van der Waals surface area contributed by atoms with E-state index in [-0.39, 0.29) is 11.9 Å². The van der Waals surface area contributed by atoms with Crippen molar-refractivity contribution >= 4 is 11.8 Å². The third kappa shape index (κ3) is 3.10. The molecule has 20 heavy (non-hydrogen) atoms. The summed E-state index contributed by atoms with van der Waals surface area (Å²) >= 11 is 1.80. The second-order valence-corrected chi connectivity index (χ2v) is 6.74. The van der Waals surface area contributed by atoms with Crippen LogP contribution in [0.2, 0.25) is 0 Å². The molecule has 2 aliphatic rings. The zero-order valence-corrected chi connectivity index (χ0v) is 12.2. The van der Waals surface area contributed by atoms with Gasteiger partial charge < -0.3 is 15.2 Å². The highest BCUT2D eigenvalue weighted by atomic mass is 32.2. The minimum Gasteiger partial charge on any atom is -0.493 e. The zero-order chi connectivity index (χ0) is 14.0. The van der Waals surface area contributed by atoms with Gasteiger partial charge >= 0.3 is 0 Å². The number of rotatable bonds is 3. The van der Waals surface area contributed by atoms with Gasteiger partial charge in [-0.1, -0.05) is 6.07 Å². The Kier molecular flexibility index (Phi) is 4.19. The molecule has 1 fully saturated rings. The first-order chi connectivity index (χ1) is 9.66. The van der Waals surface area contributed by atoms with E-state index in [0.29, 0.717) is 18.9 Å². The van der Waals surface area contributed by atoms with Crippen molar-refractivity contribution in [3.8, 4) is 5.75 Å². The maximum Gasteiger partial charge on any atom is 0.126 e. The Balaban J connectivity index is 1.73. The molecule has 2 heterocycles. The van der Waals surface area contributed by atoms with E-state index in [9.17, 15) is 9.50 Å². The van der Waals surface area contributed by atoms with Crippen molar-refractivity contribution < 1.29 is 14.2 Å². The minimum absolute atomic E-state index is 0.128. The van der Waals surface area contributed by atoms with Crippen LogP contribution in [-0.4, -0.2) is 35.4 Å². The van der Waals surface area contributed by atoms with Gasteiger partial charge in [-0.2, -0.15) is 11.8 Å². The van der Waals surface area contributed by atoms with E-state index in [0.717, 1.165) is 36.3 Å². The molecule has 2 atom stereocenters. The van der Waals surface area contributed by atoms with Crippen molar-refractivity contribution in [1.29, 1.82) is 0 Å². The quantitative estimate of drug-likeness (QED) is 0.899. The van der Waals surface area contributed by atoms with Crippen LogP contribution in [-0.2, 0) is 0 Å². The Bertz CT molecular complexity index is 477. The Labute approximate surface area is 122 Å². The van der Waals surface area contributed by atoms with Gasteiger partial charge in [-0.15, -0.1) is 0 Å². The molecule has 0 radical (unpaired) electrons. The monoisotopic (exact) mass is 297 g/mol. The molecule has 1 aromatic carbocycles. The highest BCUT2D eigenvalue weighted by Gasteiger charge is 2.32. The fraction of sp³-hybridized carbons (Fsp3) is 0.600. The molecule has 3 nitrogen and oxygen atoms in total. The third-order valence-electron chi connectivity index (χ3n) is 4.01. The average molecular weight is 297 g/mol. The second kappa shape index (κ2) is 5.92. The lowest BCUT2D eigenvalue weighted by Crippen LogP contribution is -2.41. The van der Waals surface area contributed by atoms with Gasteiger partial charge in [0.15, 0.2) is 0 Å².